The summed E-state index contributed by atoms with van der Waals surface area (Å²) in [6.07, 6.45) is 3.82. The molecule has 1 aliphatic heterocycles. The van der Waals surface area contributed by atoms with Gasteiger partial charge < -0.3 is 13.6 Å². The molecule has 0 spiro atoms. The first-order valence-electron chi connectivity index (χ1n) is 13.6. The van der Waals surface area contributed by atoms with Crippen LogP contribution in [-0.4, -0.2) is 46.8 Å². The molecule has 2 saturated carbocycles. The molecule has 1 heterocycles. The lowest BCUT2D eigenvalue weighted by Gasteiger charge is -2.59. The highest BCUT2D eigenvalue weighted by atomic mass is 28.4. The van der Waals surface area contributed by atoms with E-state index in [1.165, 1.54) is 0 Å². The van der Waals surface area contributed by atoms with Gasteiger partial charge in [0.05, 0.1) is 12.2 Å². The largest absolute Gasteiger partial charge is 0.417 e. The Labute approximate surface area is 212 Å². The quantitative estimate of drug-likeness (QED) is 0.357. The van der Waals surface area contributed by atoms with Crippen molar-refractivity contribution in [2.75, 3.05) is 13.2 Å². The smallest absolute Gasteiger partial charge is 0.193 e. The number of rotatable bonds is 5. The normalized spacial score (nSPS) is 36.9. The van der Waals surface area contributed by atoms with Crippen LogP contribution in [-0.2, 0) is 18.4 Å². The van der Waals surface area contributed by atoms with Crippen LogP contribution in [0.5, 0.6) is 0 Å². The number of ketones is 1. The molecule has 0 N–H and O–H groups in total. The molecule has 5 atom stereocenters. The number of Topliss-reactive ketones (excluding diaryl/α,β-unsaturated/α-hetero) is 1. The summed E-state index contributed by atoms with van der Waals surface area (Å²) in [5, 5.41) is 0.207. The Morgan fingerprint density at radius 1 is 0.941 bits per heavy atom. The summed E-state index contributed by atoms with van der Waals surface area (Å²) in [5.41, 5.74) is -0.925. The van der Waals surface area contributed by atoms with Crippen LogP contribution in [0.2, 0.25) is 36.3 Å². The minimum absolute atomic E-state index is 0.0413. The first-order valence-corrected chi connectivity index (χ1v) is 19.4. The van der Waals surface area contributed by atoms with Crippen molar-refractivity contribution in [3.63, 3.8) is 0 Å². The van der Waals surface area contributed by atoms with E-state index >= 15 is 0 Å². The van der Waals surface area contributed by atoms with Gasteiger partial charge in [-0.25, -0.2) is 0 Å². The van der Waals surface area contributed by atoms with Crippen molar-refractivity contribution in [3.8, 4) is 0 Å². The molecule has 1 saturated heterocycles. The van der Waals surface area contributed by atoms with Crippen LogP contribution < -0.4 is 0 Å². The lowest BCUT2D eigenvalue weighted by atomic mass is 9.56. The van der Waals surface area contributed by atoms with E-state index in [0.29, 0.717) is 25.6 Å². The molecule has 6 heteroatoms. The molecule has 2 aliphatic carbocycles. The fourth-order valence-electron chi connectivity index (χ4n) is 6.12. The van der Waals surface area contributed by atoms with E-state index in [0.717, 1.165) is 19.3 Å². The molecule has 4 nitrogen and oxygen atoms in total. The number of hydrogen-bond acceptors (Lipinski definition) is 4. The molecule has 0 amide bonds. The zero-order valence-electron chi connectivity index (χ0n) is 24.6. The molecule has 2 unspecified atom stereocenters. The van der Waals surface area contributed by atoms with Crippen LogP contribution in [0.3, 0.4) is 0 Å². The van der Waals surface area contributed by atoms with Crippen LogP contribution in [0.25, 0.3) is 0 Å². The van der Waals surface area contributed by atoms with Crippen molar-refractivity contribution < 1.29 is 18.4 Å². The maximum absolute atomic E-state index is 14.4. The predicted molar refractivity (Wildman–Crippen MR) is 146 cm³/mol. The highest BCUT2D eigenvalue weighted by Crippen LogP contribution is 2.61. The van der Waals surface area contributed by atoms with Crippen LogP contribution in [0.1, 0.15) is 88.0 Å². The van der Waals surface area contributed by atoms with Crippen molar-refractivity contribution in [2.45, 2.75) is 135 Å². The van der Waals surface area contributed by atoms with Gasteiger partial charge in [0, 0.05) is 18.9 Å². The van der Waals surface area contributed by atoms with Gasteiger partial charge in [-0.15, -0.1) is 0 Å². The molecule has 0 aromatic heterocycles. The lowest BCUT2D eigenvalue weighted by molar-refractivity contribution is -0.224. The second-order valence-electron chi connectivity index (χ2n) is 15.6. The number of carbonyl (C=O) groups is 1. The maximum atomic E-state index is 14.4. The van der Waals surface area contributed by atoms with E-state index in [9.17, 15) is 4.79 Å². The molecular weight excluding hydrogens is 456 g/mol. The second-order valence-corrected chi connectivity index (χ2v) is 25.2. The van der Waals surface area contributed by atoms with Crippen molar-refractivity contribution in [2.24, 2.45) is 23.2 Å². The third kappa shape index (κ3) is 4.80. The van der Waals surface area contributed by atoms with Crippen LogP contribution in [0.15, 0.2) is 0 Å². The summed E-state index contributed by atoms with van der Waals surface area (Å²) in [6, 6.07) is 0. The number of fused-ring (bicyclic) bond motifs is 1. The molecule has 0 aromatic rings. The summed E-state index contributed by atoms with van der Waals surface area (Å²) in [5.74, 6) is 1.08. The van der Waals surface area contributed by atoms with Gasteiger partial charge in [-0.3, -0.25) is 4.79 Å². The van der Waals surface area contributed by atoms with Gasteiger partial charge in [-0.05, 0) is 86.6 Å². The Balaban J connectivity index is 2.02. The van der Waals surface area contributed by atoms with Crippen molar-refractivity contribution in [1.29, 1.82) is 0 Å². The molecule has 3 fully saturated rings. The predicted octanol–water partition coefficient (Wildman–Crippen LogP) is 7.59. The fourth-order valence-corrected chi connectivity index (χ4v) is 8.71. The molecule has 3 aliphatic rings. The fraction of sp³-hybridized carbons (Fsp3) is 0.964. The van der Waals surface area contributed by atoms with E-state index in [-0.39, 0.29) is 38.7 Å². The molecule has 34 heavy (non-hydrogen) atoms. The van der Waals surface area contributed by atoms with E-state index < -0.39 is 22.2 Å². The lowest BCUT2D eigenvalue weighted by Crippen LogP contribution is -2.67. The Bertz CT molecular complexity index is 791. The third-order valence-corrected chi connectivity index (χ3v) is 19.9. The standard InChI is InChI=1S/C28H54O4Si2/c1-24(2,3)33(10,11)31-18-20-16-23(29)28(32-34(12,13)25(4,5)6)19-30-26(7,8)21-14-15-27(20,9)17-22(21)28/h20-22H,14-19H2,1-13H3/t20-,21?,22?,27+,28+/m1/s1. The topological polar surface area (TPSA) is 44.8 Å². The van der Waals surface area contributed by atoms with Gasteiger partial charge in [-0.2, -0.15) is 0 Å². The van der Waals surface area contributed by atoms with E-state index in [1.54, 1.807) is 0 Å². The van der Waals surface area contributed by atoms with E-state index in [2.05, 4.69) is 88.5 Å². The minimum atomic E-state index is -2.19. The average molecular weight is 511 g/mol. The first-order chi connectivity index (χ1) is 15.1. The van der Waals surface area contributed by atoms with Gasteiger partial charge in [0.25, 0.3) is 0 Å². The van der Waals surface area contributed by atoms with Gasteiger partial charge in [-0.1, -0.05) is 48.5 Å². The summed E-state index contributed by atoms with van der Waals surface area (Å²) in [7, 11) is -4.09. The van der Waals surface area contributed by atoms with Crippen LogP contribution in [0.4, 0.5) is 0 Å². The molecule has 198 valence electrons. The molecule has 3 rings (SSSR count). The van der Waals surface area contributed by atoms with Gasteiger partial charge >= 0.3 is 0 Å². The Morgan fingerprint density at radius 2 is 1.50 bits per heavy atom. The van der Waals surface area contributed by atoms with Crippen LogP contribution >= 0.6 is 0 Å². The Kier molecular flexibility index (Phi) is 7.14. The third-order valence-electron chi connectivity index (χ3n) is 10.9. The van der Waals surface area contributed by atoms with Crippen molar-refractivity contribution >= 4 is 22.4 Å². The first kappa shape index (κ1) is 28.6. The summed E-state index contributed by atoms with van der Waals surface area (Å²) in [4.78, 5) is 14.4. The average Bonchev–Trinajstić information content (AvgIpc) is 2.71. The zero-order valence-corrected chi connectivity index (χ0v) is 26.6. The molecule has 0 aromatic carbocycles. The molecule has 0 radical (unpaired) electrons. The summed E-state index contributed by atoms with van der Waals surface area (Å²) in [6.45, 7) is 30.9. The SMILES string of the molecule is CC1(C)OC[C@@]2(O[Si](C)(C)C(C)(C)C)C(=O)C[C@H](CO[Si](C)(C)C(C)(C)C)[C@@]3(C)CCC1C2C3. The van der Waals surface area contributed by atoms with E-state index in [4.69, 9.17) is 13.6 Å². The van der Waals surface area contributed by atoms with Gasteiger partial charge in [0.15, 0.2) is 22.4 Å². The second kappa shape index (κ2) is 8.51. The number of carbonyl (C=O) groups excluding carboxylic acids is 1. The Morgan fingerprint density at radius 3 is 2.03 bits per heavy atom. The molecule has 2 bridgehead atoms. The summed E-state index contributed by atoms with van der Waals surface area (Å²) < 4.78 is 20.5. The molecular formula is C28H54O4Si2. The van der Waals surface area contributed by atoms with Crippen LogP contribution in [0, 0.1) is 23.2 Å². The van der Waals surface area contributed by atoms with E-state index in [1.807, 2.05) is 0 Å². The van der Waals surface area contributed by atoms with Gasteiger partial charge in [0.1, 0.15) is 5.60 Å². The van der Waals surface area contributed by atoms with Gasteiger partial charge in [0.2, 0.25) is 0 Å². The van der Waals surface area contributed by atoms with Crippen molar-refractivity contribution in [1.82, 2.24) is 0 Å². The minimum Gasteiger partial charge on any atom is -0.417 e. The number of ether oxygens (including phenoxy) is 1. The zero-order chi connectivity index (χ0) is 26.2. The van der Waals surface area contributed by atoms with Crippen molar-refractivity contribution in [3.05, 3.63) is 0 Å². The highest BCUT2D eigenvalue weighted by Gasteiger charge is 2.65. The summed E-state index contributed by atoms with van der Waals surface area (Å²) >= 11 is 0. The maximum Gasteiger partial charge on any atom is 0.193 e. The highest BCUT2D eigenvalue weighted by molar-refractivity contribution is 6.74. The Hall–Kier alpha value is -0.0162. The monoisotopic (exact) mass is 510 g/mol. The number of hydrogen-bond donors (Lipinski definition) is 0.